The number of hydrogen-bond acceptors (Lipinski definition) is 2. The lowest BCUT2D eigenvalue weighted by Gasteiger charge is -1.82. The molecule has 0 N–H and O–H groups in total. The van der Waals surface area contributed by atoms with E-state index >= 15 is 0 Å². The summed E-state index contributed by atoms with van der Waals surface area (Å²) in [4.78, 5) is 10.9. The number of halogens is 1. The quantitative estimate of drug-likeness (QED) is 0.495. The smallest absolute Gasteiger partial charge is 0.186 e. The number of rotatable bonds is 2. The van der Waals surface area contributed by atoms with Crippen LogP contribution in [0.5, 0.6) is 0 Å². The molecule has 0 amide bonds. The number of hydrogen-bond donors (Lipinski definition) is 0. The molecule has 0 aliphatic heterocycles. The summed E-state index contributed by atoms with van der Waals surface area (Å²) in [5.41, 5.74) is 0.616. The average molecular weight is 173 g/mol. The highest BCUT2D eigenvalue weighted by Gasteiger charge is 2.02. The van der Waals surface area contributed by atoms with Gasteiger partial charge in [-0.2, -0.15) is 0 Å². The van der Waals surface area contributed by atoms with Gasteiger partial charge in [0, 0.05) is 10.9 Å². The van der Waals surface area contributed by atoms with E-state index in [4.69, 9.17) is 11.6 Å². The van der Waals surface area contributed by atoms with E-state index < -0.39 is 0 Å². The molecule has 0 aromatic carbocycles. The molecule has 0 aliphatic carbocycles. The van der Waals surface area contributed by atoms with Crippen molar-refractivity contribution in [2.75, 3.05) is 0 Å². The fraction of sp³-hybridized carbons (Fsp3) is 0. The Balaban J connectivity index is 2.95. The number of allylic oxidation sites excluding steroid dienone is 1. The van der Waals surface area contributed by atoms with E-state index in [1.54, 1.807) is 11.4 Å². The summed E-state index contributed by atoms with van der Waals surface area (Å²) in [5.74, 6) is -0.0804. The van der Waals surface area contributed by atoms with Gasteiger partial charge in [-0.05, 0) is 12.1 Å². The second kappa shape index (κ2) is 2.99. The monoisotopic (exact) mass is 172 g/mol. The van der Waals surface area contributed by atoms with E-state index in [1.165, 1.54) is 17.4 Å². The van der Waals surface area contributed by atoms with Crippen LogP contribution < -0.4 is 0 Å². The lowest BCUT2D eigenvalue weighted by molar-refractivity contribution is 0.104. The molecule has 0 saturated carbocycles. The van der Waals surface area contributed by atoms with Crippen molar-refractivity contribution in [3.8, 4) is 0 Å². The first-order valence-electron chi connectivity index (χ1n) is 2.65. The van der Waals surface area contributed by atoms with Gasteiger partial charge in [-0.15, -0.1) is 11.3 Å². The van der Waals surface area contributed by atoms with E-state index in [0.29, 0.717) is 9.90 Å². The van der Waals surface area contributed by atoms with Crippen LogP contribution in [0.25, 0.3) is 0 Å². The van der Waals surface area contributed by atoms with Crippen LogP contribution in [0.4, 0.5) is 0 Å². The predicted molar refractivity (Wildman–Crippen MR) is 43.9 cm³/mol. The summed E-state index contributed by atoms with van der Waals surface area (Å²) in [5, 5.41) is 1.71. The Hall–Kier alpha value is -0.600. The minimum absolute atomic E-state index is 0.0804. The Morgan fingerprint density at radius 3 is 2.90 bits per heavy atom. The van der Waals surface area contributed by atoms with Crippen LogP contribution in [-0.2, 0) is 0 Å². The molecule has 0 bridgehead atoms. The molecule has 0 unspecified atom stereocenters. The van der Waals surface area contributed by atoms with Crippen molar-refractivity contribution in [3.63, 3.8) is 0 Å². The second-order valence-electron chi connectivity index (χ2n) is 1.71. The molecule has 0 spiro atoms. The zero-order valence-corrected chi connectivity index (χ0v) is 6.71. The van der Waals surface area contributed by atoms with Crippen molar-refractivity contribution in [3.05, 3.63) is 34.0 Å². The van der Waals surface area contributed by atoms with Crippen molar-refractivity contribution in [2.45, 2.75) is 0 Å². The van der Waals surface area contributed by atoms with Gasteiger partial charge in [0.05, 0.1) is 4.34 Å². The summed E-state index contributed by atoms with van der Waals surface area (Å²) in [6.45, 7) is 3.36. The number of thiophene rings is 1. The van der Waals surface area contributed by atoms with Gasteiger partial charge < -0.3 is 0 Å². The first-order chi connectivity index (χ1) is 4.74. The van der Waals surface area contributed by atoms with Crippen molar-refractivity contribution >= 4 is 28.7 Å². The van der Waals surface area contributed by atoms with Crippen LogP contribution in [0.2, 0.25) is 4.34 Å². The maximum Gasteiger partial charge on any atom is 0.186 e. The maximum absolute atomic E-state index is 10.9. The van der Waals surface area contributed by atoms with Gasteiger partial charge in [-0.25, -0.2) is 0 Å². The van der Waals surface area contributed by atoms with E-state index in [-0.39, 0.29) is 5.78 Å². The van der Waals surface area contributed by atoms with E-state index in [2.05, 4.69) is 6.58 Å². The highest BCUT2D eigenvalue weighted by Crippen LogP contribution is 2.20. The number of ketones is 1. The molecule has 0 saturated heterocycles. The van der Waals surface area contributed by atoms with Crippen molar-refractivity contribution in [2.24, 2.45) is 0 Å². The molecular weight excluding hydrogens is 168 g/mol. The Kier molecular flexibility index (Phi) is 2.25. The molecule has 10 heavy (non-hydrogen) atoms. The Bertz CT molecular complexity index is 264. The molecule has 0 radical (unpaired) electrons. The van der Waals surface area contributed by atoms with Gasteiger partial charge in [-0.3, -0.25) is 4.79 Å². The molecule has 1 aromatic heterocycles. The van der Waals surface area contributed by atoms with Gasteiger partial charge in [0.2, 0.25) is 0 Å². The standard InChI is InChI=1S/C7H5ClOS/c1-2-6(9)5-3-7(8)10-4-5/h2-4H,1H2. The predicted octanol–water partition coefficient (Wildman–Crippen LogP) is 2.77. The summed E-state index contributed by atoms with van der Waals surface area (Å²) in [6.07, 6.45) is 1.28. The third-order valence-electron chi connectivity index (χ3n) is 1.04. The molecule has 1 rings (SSSR count). The molecule has 52 valence electrons. The highest BCUT2D eigenvalue weighted by molar-refractivity contribution is 7.14. The topological polar surface area (TPSA) is 17.1 Å². The van der Waals surface area contributed by atoms with Crippen LogP contribution in [0, 0.1) is 0 Å². The van der Waals surface area contributed by atoms with Crippen molar-refractivity contribution in [1.29, 1.82) is 0 Å². The minimum atomic E-state index is -0.0804. The second-order valence-corrected chi connectivity index (χ2v) is 3.25. The fourth-order valence-corrected chi connectivity index (χ4v) is 1.43. The largest absolute Gasteiger partial charge is 0.289 e. The summed E-state index contributed by atoms with van der Waals surface area (Å²) < 4.78 is 0.630. The summed E-state index contributed by atoms with van der Waals surface area (Å²) in [6, 6.07) is 1.64. The molecular formula is C7H5ClOS. The van der Waals surface area contributed by atoms with Crippen LogP contribution in [0.15, 0.2) is 24.1 Å². The van der Waals surface area contributed by atoms with E-state index in [0.717, 1.165) is 0 Å². The highest BCUT2D eigenvalue weighted by atomic mass is 35.5. The van der Waals surface area contributed by atoms with E-state index in [9.17, 15) is 4.79 Å². The lowest BCUT2D eigenvalue weighted by atomic mass is 10.2. The third-order valence-corrected chi connectivity index (χ3v) is 2.13. The Morgan fingerprint density at radius 1 is 1.80 bits per heavy atom. The van der Waals surface area contributed by atoms with Gasteiger partial charge in [0.25, 0.3) is 0 Å². The van der Waals surface area contributed by atoms with Crippen LogP contribution in [-0.4, -0.2) is 5.78 Å². The SMILES string of the molecule is C=CC(=O)c1csc(Cl)c1. The first-order valence-corrected chi connectivity index (χ1v) is 3.90. The number of carbonyl (C=O) groups excluding carboxylic acids is 1. The minimum Gasteiger partial charge on any atom is -0.289 e. The fourth-order valence-electron chi connectivity index (χ4n) is 0.557. The van der Waals surface area contributed by atoms with E-state index in [1.807, 2.05) is 0 Å². The zero-order valence-electron chi connectivity index (χ0n) is 5.13. The van der Waals surface area contributed by atoms with Gasteiger partial charge in [0.15, 0.2) is 5.78 Å². The zero-order chi connectivity index (χ0) is 7.56. The molecule has 0 aliphatic rings. The van der Waals surface area contributed by atoms with Crippen LogP contribution in [0.1, 0.15) is 10.4 Å². The molecule has 3 heteroatoms. The molecule has 1 nitrogen and oxygen atoms in total. The molecule has 0 atom stereocenters. The van der Waals surface area contributed by atoms with Crippen LogP contribution >= 0.6 is 22.9 Å². The molecule has 1 heterocycles. The Morgan fingerprint density at radius 2 is 2.50 bits per heavy atom. The van der Waals surface area contributed by atoms with Gasteiger partial charge in [-0.1, -0.05) is 18.2 Å². The summed E-state index contributed by atoms with van der Waals surface area (Å²) in [7, 11) is 0. The average Bonchev–Trinajstić information content (AvgIpc) is 2.34. The van der Waals surface area contributed by atoms with Gasteiger partial charge in [0.1, 0.15) is 0 Å². The maximum atomic E-state index is 10.9. The van der Waals surface area contributed by atoms with Gasteiger partial charge >= 0.3 is 0 Å². The molecule has 0 fully saturated rings. The first kappa shape index (κ1) is 7.51. The normalized spacial score (nSPS) is 9.30. The Labute approximate surface area is 67.9 Å². The summed E-state index contributed by atoms with van der Waals surface area (Å²) >= 11 is 6.94. The van der Waals surface area contributed by atoms with Crippen LogP contribution in [0.3, 0.4) is 0 Å². The lowest BCUT2D eigenvalue weighted by Crippen LogP contribution is -1.88. The molecule has 1 aromatic rings. The van der Waals surface area contributed by atoms with Crippen molar-refractivity contribution in [1.82, 2.24) is 0 Å². The third kappa shape index (κ3) is 1.46. The number of carbonyl (C=O) groups is 1. The van der Waals surface area contributed by atoms with Crippen molar-refractivity contribution < 1.29 is 4.79 Å².